The molecule has 118 valence electrons. The van der Waals surface area contributed by atoms with Gasteiger partial charge in [-0.15, -0.1) is 17.9 Å². The summed E-state index contributed by atoms with van der Waals surface area (Å²) in [6, 6.07) is 0. The standard InChI is InChI=1S/C16H20N2O2S2/c1-5-7-18-12-10-9-20-16(3,4)8-11(10)22-13(12)14(19)17-15(18)21-6-2/h5H,1,6-9H2,2-4H3. The predicted octanol–water partition coefficient (Wildman–Crippen LogP) is 3.61. The summed E-state index contributed by atoms with van der Waals surface area (Å²) in [6.45, 7) is 11.3. The number of thioether (sulfide) groups is 1. The quantitative estimate of drug-likeness (QED) is 0.486. The SMILES string of the molecule is C=CCn1c(SCC)nc(=O)c2sc3c(c21)COC(C)(C)C3. The van der Waals surface area contributed by atoms with Crippen LogP contribution in [0.25, 0.3) is 10.2 Å². The van der Waals surface area contributed by atoms with E-state index in [-0.39, 0.29) is 11.2 Å². The van der Waals surface area contributed by atoms with Gasteiger partial charge in [0.15, 0.2) is 5.16 Å². The molecule has 0 saturated carbocycles. The zero-order valence-corrected chi connectivity index (χ0v) is 14.8. The van der Waals surface area contributed by atoms with Crippen LogP contribution in [0.5, 0.6) is 0 Å². The highest BCUT2D eigenvalue weighted by molar-refractivity contribution is 7.99. The Bertz CT molecular complexity index is 790. The van der Waals surface area contributed by atoms with E-state index in [0.717, 1.165) is 33.1 Å². The van der Waals surface area contributed by atoms with Crippen LogP contribution in [-0.2, 0) is 24.3 Å². The summed E-state index contributed by atoms with van der Waals surface area (Å²) >= 11 is 3.17. The molecule has 3 heterocycles. The van der Waals surface area contributed by atoms with E-state index < -0.39 is 0 Å². The van der Waals surface area contributed by atoms with Gasteiger partial charge in [-0.25, -0.2) is 0 Å². The molecule has 0 fully saturated rings. The topological polar surface area (TPSA) is 44.1 Å². The van der Waals surface area contributed by atoms with E-state index in [1.165, 1.54) is 4.88 Å². The van der Waals surface area contributed by atoms with Gasteiger partial charge < -0.3 is 9.30 Å². The number of fused-ring (bicyclic) bond motifs is 3. The number of aromatic nitrogens is 2. The molecule has 0 aromatic carbocycles. The molecule has 0 atom stereocenters. The van der Waals surface area contributed by atoms with Crippen molar-refractivity contribution in [3.05, 3.63) is 33.4 Å². The lowest BCUT2D eigenvalue weighted by Crippen LogP contribution is -2.31. The van der Waals surface area contributed by atoms with Crippen LogP contribution in [0.2, 0.25) is 0 Å². The first-order valence-electron chi connectivity index (χ1n) is 7.39. The summed E-state index contributed by atoms with van der Waals surface area (Å²) < 4.78 is 8.82. The van der Waals surface area contributed by atoms with Gasteiger partial charge in [-0.3, -0.25) is 4.79 Å². The monoisotopic (exact) mass is 336 g/mol. The Labute approximate surface area is 138 Å². The van der Waals surface area contributed by atoms with Crippen molar-refractivity contribution in [3.8, 4) is 0 Å². The van der Waals surface area contributed by atoms with E-state index in [9.17, 15) is 4.79 Å². The third kappa shape index (κ3) is 2.64. The van der Waals surface area contributed by atoms with Crippen molar-refractivity contribution >= 4 is 33.3 Å². The predicted molar refractivity (Wildman–Crippen MR) is 93.0 cm³/mol. The van der Waals surface area contributed by atoms with Gasteiger partial charge in [0, 0.05) is 23.4 Å². The van der Waals surface area contributed by atoms with E-state index in [4.69, 9.17) is 4.74 Å². The molecule has 3 rings (SSSR count). The molecule has 0 radical (unpaired) electrons. The normalized spacial score (nSPS) is 16.7. The fourth-order valence-corrected chi connectivity index (χ4v) is 4.90. The van der Waals surface area contributed by atoms with E-state index in [1.54, 1.807) is 23.1 Å². The zero-order valence-electron chi connectivity index (χ0n) is 13.1. The molecule has 0 unspecified atom stereocenters. The molecule has 0 N–H and O–H groups in total. The lowest BCUT2D eigenvalue weighted by Gasteiger charge is -2.30. The Kier molecular flexibility index (Phi) is 4.18. The van der Waals surface area contributed by atoms with Crippen molar-refractivity contribution in [3.63, 3.8) is 0 Å². The van der Waals surface area contributed by atoms with Gasteiger partial charge >= 0.3 is 0 Å². The van der Waals surface area contributed by atoms with E-state index >= 15 is 0 Å². The average molecular weight is 336 g/mol. The number of thiophene rings is 1. The summed E-state index contributed by atoms with van der Waals surface area (Å²) in [5.74, 6) is 0.880. The van der Waals surface area contributed by atoms with Crippen LogP contribution in [0, 0.1) is 0 Å². The molecule has 0 bridgehead atoms. The Morgan fingerprint density at radius 1 is 1.55 bits per heavy atom. The van der Waals surface area contributed by atoms with Gasteiger partial charge in [-0.2, -0.15) is 4.98 Å². The van der Waals surface area contributed by atoms with Crippen LogP contribution < -0.4 is 5.56 Å². The van der Waals surface area contributed by atoms with Crippen LogP contribution in [0.3, 0.4) is 0 Å². The van der Waals surface area contributed by atoms with Gasteiger partial charge in [-0.05, 0) is 19.6 Å². The van der Waals surface area contributed by atoms with E-state index in [1.807, 2.05) is 6.08 Å². The third-order valence-corrected chi connectivity index (χ3v) is 5.80. The molecule has 6 heteroatoms. The Balaban J connectivity index is 2.30. The fourth-order valence-electron chi connectivity index (χ4n) is 2.76. The van der Waals surface area contributed by atoms with Crippen LogP contribution >= 0.6 is 23.1 Å². The lowest BCUT2D eigenvalue weighted by molar-refractivity contribution is -0.0384. The second kappa shape index (κ2) is 5.83. The molecular weight excluding hydrogens is 316 g/mol. The van der Waals surface area contributed by atoms with Gasteiger partial charge in [0.25, 0.3) is 5.56 Å². The average Bonchev–Trinajstić information content (AvgIpc) is 2.81. The first-order chi connectivity index (χ1) is 10.5. The molecule has 0 amide bonds. The molecule has 1 aliphatic heterocycles. The molecule has 0 aliphatic carbocycles. The maximum Gasteiger partial charge on any atom is 0.291 e. The minimum atomic E-state index is -0.172. The lowest BCUT2D eigenvalue weighted by atomic mass is 9.98. The summed E-state index contributed by atoms with van der Waals surface area (Å²) in [4.78, 5) is 17.9. The third-order valence-electron chi connectivity index (χ3n) is 3.73. The maximum absolute atomic E-state index is 12.4. The highest BCUT2D eigenvalue weighted by atomic mass is 32.2. The van der Waals surface area contributed by atoms with Crippen molar-refractivity contribution in [2.24, 2.45) is 0 Å². The van der Waals surface area contributed by atoms with Crippen LogP contribution in [0.4, 0.5) is 0 Å². The van der Waals surface area contributed by atoms with Gasteiger partial charge in [0.1, 0.15) is 4.70 Å². The van der Waals surface area contributed by atoms with Crippen molar-refractivity contribution in [2.75, 3.05) is 5.75 Å². The Morgan fingerprint density at radius 3 is 3.00 bits per heavy atom. The van der Waals surface area contributed by atoms with Crippen molar-refractivity contribution in [1.29, 1.82) is 0 Å². The first-order valence-corrected chi connectivity index (χ1v) is 9.19. The summed E-state index contributed by atoms with van der Waals surface area (Å²) in [5, 5.41) is 0.769. The second-order valence-corrected chi connectivity index (χ2v) is 8.27. The fraction of sp³-hybridized carbons (Fsp3) is 0.500. The number of rotatable bonds is 4. The minimum Gasteiger partial charge on any atom is -0.370 e. The number of hydrogen-bond donors (Lipinski definition) is 0. The first kappa shape index (κ1) is 15.8. The minimum absolute atomic E-state index is 0.122. The van der Waals surface area contributed by atoms with Gasteiger partial charge in [0.2, 0.25) is 0 Å². The smallest absolute Gasteiger partial charge is 0.291 e. The number of hydrogen-bond acceptors (Lipinski definition) is 5. The Hall–Kier alpha value is -1.11. The summed E-state index contributed by atoms with van der Waals surface area (Å²) in [7, 11) is 0. The highest BCUT2D eigenvalue weighted by Gasteiger charge is 2.31. The molecule has 0 spiro atoms. The van der Waals surface area contributed by atoms with Crippen LogP contribution in [0.15, 0.2) is 22.6 Å². The number of nitrogens with zero attached hydrogens (tertiary/aromatic N) is 2. The molecular formula is C16H20N2O2S2. The molecule has 2 aromatic heterocycles. The largest absolute Gasteiger partial charge is 0.370 e. The summed E-state index contributed by atoms with van der Waals surface area (Å²) in [6.07, 6.45) is 2.69. The van der Waals surface area contributed by atoms with Crippen LogP contribution in [0.1, 0.15) is 31.2 Å². The summed E-state index contributed by atoms with van der Waals surface area (Å²) in [5.41, 5.74) is 1.85. The molecule has 0 saturated heterocycles. The van der Waals surface area contributed by atoms with Gasteiger partial charge in [0.05, 0.1) is 17.7 Å². The highest BCUT2D eigenvalue weighted by Crippen LogP contribution is 2.38. The van der Waals surface area contributed by atoms with E-state index in [2.05, 4.69) is 36.9 Å². The molecule has 1 aliphatic rings. The number of ether oxygens (including phenoxy) is 1. The van der Waals surface area contributed by atoms with Gasteiger partial charge in [-0.1, -0.05) is 24.8 Å². The number of allylic oxidation sites excluding steroid dienone is 1. The Morgan fingerprint density at radius 2 is 2.32 bits per heavy atom. The van der Waals surface area contributed by atoms with Crippen LogP contribution in [-0.4, -0.2) is 20.9 Å². The second-order valence-electron chi connectivity index (χ2n) is 5.94. The van der Waals surface area contributed by atoms with Crippen molar-refractivity contribution < 1.29 is 4.74 Å². The van der Waals surface area contributed by atoms with Crippen molar-refractivity contribution in [1.82, 2.24) is 9.55 Å². The molecule has 2 aromatic rings. The molecule has 22 heavy (non-hydrogen) atoms. The van der Waals surface area contributed by atoms with E-state index in [0.29, 0.717) is 13.2 Å². The van der Waals surface area contributed by atoms with Crippen molar-refractivity contribution in [2.45, 2.75) is 51.1 Å². The zero-order chi connectivity index (χ0) is 15.9. The maximum atomic E-state index is 12.4. The molecule has 4 nitrogen and oxygen atoms in total.